The lowest BCUT2D eigenvalue weighted by molar-refractivity contribution is 0.0772. The quantitative estimate of drug-likeness (QED) is 0.842. The van der Waals surface area contributed by atoms with Crippen LogP contribution in [0.1, 0.15) is 10.4 Å². The molecule has 16 heavy (non-hydrogen) atoms. The smallest absolute Gasteiger partial charge is 0.255 e. The van der Waals surface area contributed by atoms with Crippen molar-refractivity contribution in [3.8, 4) is 0 Å². The first-order valence-corrected chi connectivity index (χ1v) is 6.47. The number of thioether (sulfide) groups is 1. The first-order chi connectivity index (χ1) is 7.81. The van der Waals surface area contributed by atoms with Crippen LogP contribution in [0.2, 0.25) is 0 Å². The second kappa shape index (κ2) is 5.21. The van der Waals surface area contributed by atoms with Gasteiger partial charge in [0, 0.05) is 37.8 Å². The highest BCUT2D eigenvalue weighted by Crippen LogP contribution is 2.13. The molecule has 1 aromatic rings. The highest BCUT2D eigenvalue weighted by molar-refractivity contribution is 7.99. The summed E-state index contributed by atoms with van der Waals surface area (Å²) in [5, 5.41) is 2.93. The van der Waals surface area contributed by atoms with E-state index in [1.54, 1.807) is 6.20 Å². The summed E-state index contributed by atoms with van der Waals surface area (Å²) in [6.45, 7) is 1.69. The normalized spacial score (nSPS) is 15.9. The van der Waals surface area contributed by atoms with E-state index in [4.69, 9.17) is 0 Å². The van der Waals surface area contributed by atoms with Gasteiger partial charge in [0.05, 0.1) is 5.56 Å². The Morgan fingerprint density at radius 1 is 1.44 bits per heavy atom. The fourth-order valence-electron chi connectivity index (χ4n) is 1.62. The largest absolute Gasteiger partial charge is 0.373 e. The van der Waals surface area contributed by atoms with Gasteiger partial charge in [-0.15, -0.1) is 0 Å². The molecule has 0 spiro atoms. The molecule has 2 heterocycles. The SMILES string of the molecule is CNc1ccc(C(=O)N2CCSCC2)cn1. The molecule has 0 aromatic carbocycles. The van der Waals surface area contributed by atoms with Crippen LogP contribution in [-0.4, -0.2) is 47.4 Å². The van der Waals surface area contributed by atoms with E-state index >= 15 is 0 Å². The zero-order chi connectivity index (χ0) is 11.4. The predicted molar refractivity (Wildman–Crippen MR) is 67.0 cm³/mol. The Balaban J connectivity index is 2.07. The Labute approximate surface area is 99.4 Å². The number of nitrogens with one attached hydrogen (secondary N) is 1. The molecule has 0 saturated carbocycles. The molecular formula is C11H15N3OS. The maximum atomic E-state index is 12.1. The highest BCUT2D eigenvalue weighted by Gasteiger charge is 2.18. The van der Waals surface area contributed by atoms with Crippen LogP contribution in [0, 0.1) is 0 Å². The van der Waals surface area contributed by atoms with Crippen LogP contribution < -0.4 is 5.32 Å². The van der Waals surface area contributed by atoms with E-state index in [0.29, 0.717) is 5.56 Å². The Morgan fingerprint density at radius 2 is 2.19 bits per heavy atom. The zero-order valence-corrected chi connectivity index (χ0v) is 10.1. The molecule has 86 valence electrons. The molecule has 5 heteroatoms. The maximum absolute atomic E-state index is 12.1. The molecule has 0 atom stereocenters. The molecule has 0 radical (unpaired) electrons. The molecule has 1 saturated heterocycles. The van der Waals surface area contributed by atoms with E-state index in [1.165, 1.54) is 0 Å². The molecule has 1 aromatic heterocycles. The van der Waals surface area contributed by atoms with Gasteiger partial charge in [0.15, 0.2) is 0 Å². The average molecular weight is 237 g/mol. The number of carbonyl (C=O) groups is 1. The molecule has 4 nitrogen and oxygen atoms in total. The summed E-state index contributed by atoms with van der Waals surface area (Å²) in [6.07, 6.45) is 1.63. The van der Waals surface area contributed by atoms with Crippen molar-refractivity contribution >= 4 is 23.5 Å². The second-order valence-corrected chi connectivity index (χ2v) is 4.81. The summed E-state index contributed by atoms with van der Waals surface area (Å²) in [7, 11) is 1.81. The summed E-state index contributed by atoms with van der Waals surface area (Å²) >= 11 is 1.90. The third-order valence-corrected chi connectivity index (χ3v) is 3.51. The van der Waals surface area contributed by atoms with Crippen molar-refractivity contribution in [2.24, 2.45) is 0 Å². The van der Waals surface area contributed by atoms with Gasteiger partial charge < -0.3 is 10.2 Å². The third-order valence-electron chi connectivity index (χ3n) is 2.56. The van der Waals surface area contributed by atoms with Crippen LogP contribution in [0.25, 0.3) is 0 Å². The topological polar surface area (TPSA) is 45.2 Å². The molecule has 0 unspecified atom stereocenters. The number of amides is 1. The van der Waals surface area contributed by atoms with Gasteiger partial charge in [-0.1, -0.05) is 0 Å². The van der Waals surface area contributed by atoms with Crippen molar-refractivity contribution in [2.75, 3.05) is 37.0 Å². The number of rotatable bonds is 2. The van der Waals surface area contributed by atoms with Crippen LogP contribution in [-0.2, 0) is 0 Å². The van der Waals surface area contributed by atoms with Gasteiger partial charge in [-0.3, -0.25) is 4.79 Å². The number of anilines is 1. The van der Waals surface area contributed by atoms with Crippen molar-refractivity contribution in [1.29, 1.82) is 0 Å². The molecule has 1 fully saturated rings. The summed E-state index contributed by atoms with van der Waals surface area (Å²) in [5.74, 6) is 2.95. The van der Waals surface area contributed by atoms with Gasteiger partial charge in [-0.25, -0.2) is 4.98 Å². The minimum absolute atomic E-state index is 0.0930. The van der Waals surface area contributed by atoms with Crippen molar-refractivity contribution in [3.63, 3.8) is 0 Å². The molecule has 1 N–H and O–H groups in total. The number of hydrogen-bond acceptors (Lipinski definition) is 4. The van der Waals surface area contributed by atoms with E-state index in [0.717, 1.165) is 30.4 Å². The Kier molecular flexibility index (Phi) is 3.66. The number of nitrogens with zero attached hydrogens (tertiary/aromatic N) is 2. The summed E-state index contributed by atoms with van der Waals surface area (Å²) < 4.78 is 0. The molecule has 1 aliphatic heterocycles. The number of aromatic nitrogens is 1. The van der Waals surface area contributed by atoms with E-state index < -0.39 is 0 Å². The lowest BCUT2D eigenvalue weighted by Crippen LogP contribution is -2.37. The fourth-order valence-corrected chi connectivity index (χ4v) is 2.52. The van der Waals surface area contributed by atoms with Gasteiger partial charge >= 0.3 is 0 Å². The number of carbonyl (C=O) groups excluding carboxylic acids is 1. The third kappa shape index (κ3) is 2.47. The monoisotopic (exact) mass is 237 g/mol. The molecule has 2 rings (SSSR count). The summed E-state index contributed by atoms with van der Waals surface area (Å²) in [4.78, 5) is 18.1. The van der Waals surface area contributed by atoms with Gasteiger partial charge in [-0.05, 0) is 12.1 Å². The van der Waals surface area contributed by atoms with Crippen molar-refractivity contribution in [1.82, 2.24) is 9.88 Å². The van der Waals surface area contributed by atoms with Crippen molar-refractivity contribution in [3.05, 3.63) is 23.9 Å². The van der Waals surface area contributed by atoms with Crippen molar-refractivity contribution < 1.29 is 4.79 Å². The summed E-state index contributed by atoms with van der Waals surface area (Å²) in [6, 6.07) is 3.65. The molecule has 1 amide bonds. The maximum Gasteiger partial charge on any atom is 0.255 e. The zero-order valence-electron chi connectivity index (χ0n) is 9.27. The molecular weight excluding hydrogens is 222 g/mol. The predicted octanol–water partition coefficient (Wildman–Crippen LogP) is 1.31. The minimum atomic E-state index is 0.0930. The van der Waals surface area contributed by atoms with Crippen molar-refractivity contribution in [2.45, 2.75) is 0 Å². The molecule has 0 bridgehead atoms. The minimum Gasteiger partial charge on any atom is -0.373 e. The van der Waals surface area contributed by atoms with Gasteiger partial charge in [0.2, 0.25) is 0 Å². The Bertz CT molecular complexity index is 360. The van der Waals surface area contributed by atoms with Crippen LogP contribution in [0.5, 0.6) is 0 Å². The van der Waals surface area contributed by atoms with E-state index in [9.17, 15) is 4.79 Å². The van der Waals surface area contributed by atoms with Crippen LogP contribution in [0.3, 0.4) is 0 Å². The lowest BCUT2D eigenvalue weighted by Gasteiger charge is -2.26. The lowest BCUT2D eigenvalue weighted by atomic mass is 10.2. The van der Waals surface area contributed by atoms with E-state index in [-0.39, 0.29) is 5.91 Å². The number of hydrogen-bond donors (Lipinski definition) is 1. The highest BCUT2D eigenvalue weighted by atomic mass is 32.2. The first kappa shape index (κ1) is 11.3. The average Bonchev–Trinajstić information content (AvgIpc) is 2.39. The Hall–Kier alpha value is -1.23. The summed E-state index contributed by atoms with van der Waals surface area (Å²) in [5.41, 5.74) is 0.672. The van der Waals surface area contributed by atoms with Crippen LogP contribution in [0.4, 0.5) is 5.82 Å². The number of pyridine rings is 1. The van der Waals surface area contributed by atoms with Crippen LogP contribution >= 0.6 is 11.8 Å². The molecule has 0 aliphatic carbocycles. The van der Waals surface area contributed by atoms with Gasteiger partial charge in [0.1, 0.15) is 5.82 Å². The van der Waals surface area contributed by atoms with E-state index in [1.807, 2.05) is 35.8 Å². The standard InChI is InChI=1S/C11H15N3OS/c1-12-10-3-2-9(8-13-10)11(15)14-4-6-16-7-5-14/h2-3,8H,4-7H2,1H3,(H,12,13). The first-order valence-electron chi connectivity index (χ1n) is 5.32. The Morgan fingerprint density at radius 3 is 2.75 bits per heavy atom. The second-order valence-electron chi connectivity index (χ2n) is 3.59. The van der Waals surface area contributed by atoms with Crippen LogP contribution in [0.15, 0.2) is 18.3 Å². The van der Waals surface area contributed by atoms with Gasteiger partial charge in [-0.2, -0.15) is 11.8 Å². The fraction of sp³-hybridized carbons (Fsp3) is 0.455. The molecule has 1 aliphatic rings. The van der Waals surface area contributed by atoms with E-state index in [2.05, 4.69) is 10.3 Å². The van der Waals surface area contributed by atoms with Gasteiger partial charge in [0.25, 0.3) is 5.91 Å².